The Morgan fingerprint density at radius 1 is 1.13 bits per heavy atom. The van der Waals surface area contributed by atoms with Crippen molar-refractivity contribution in [3.05, 3.63) is 59.4 Å². The summed E-state index contributed by atoms with van der Waals surface area (Å²) >= 11 is 0. The fraction of sp³-hybridized carbons (Fsp3) is 0.440. The van der Waals surface area contributed by atoms with Gasteiger partial charge in [-0.25, -0.2) is 4.98 Å². The van der Waals surface area contributed by atoms with E-state index < -0.39 is 0 Å². The quantitative estimate of drug-likeness (QED) is 0.602. The monoisotopic (exact) mass is 405 g/mol. The van der Waals surface area contributed by atoms with E-state index in [1.54, 1.807) is 7.11 Å². The third kappa shape index (κ3) is 4.35. The van der Waals surface area contributed by atoms with Crippen LogP contribution < -0.4 is 4.74 Å². The van der Waals surface area contributed by atoms with Gasteiger partial charge in [0.2, 0.25) is 5.91 Å². The van der Waals surface area contributed by atoms with Crippen LogP contribution in [0, 0.1) is 12.8 Å². The van der Waals surface area contributed by atoms with Crippen molar-refractivity contribution >= 4 is 16.9 Å². The van der Waals surface area contributed by atoms with Gasteiger partial charge in [0.05, 0.1) is 18.1 Å². The molecule has 1 amide bonds. The summed E-state index contributed by atoms with van der Waals surface area (Å²) in [7, 11) is 1.69. The van der Waals surface area contributed by atoms with E-state index in [1.165, 1.54) is 16.6 Å². The Morgan fingerprint density at radius 2 is 1.87 bits per heavy atom. The highest BCUT2D eigenvalue weighted by molar-refractivity contribution is 5.77. The number of carbonyl (C=O) groups is 1. The van der Waals surface area contributed by atoms with Gasteiger partial charge in [0.1, 0.15) is 11.6 Å². The molecule has 0 atom stereocenters. The topological polar surface area (TPSA) is 47.4 Å². The maximum atomic E-state index is 12.0. The molecule has 30 heavy (non-hydrogen) atoms. The molecule has 0 N–H and O–H groups in total. The fourth-order valence-corrected chi connectivity index (χ4v) is 4.40. The van der Waals surface area contributed by atoms with Gasteiger partial charge in [0.25, 0.3) is 0 Å². The highest BCUT2D eigenvalue weighted by Gasteiger charge is 2.23. The molecule has 0 aliphatic carbocycles. The van der Waals surface area contributed by atoms with E-state index >= 15 is 0 Å². The van der Waals surface area contributed by atoms with E-state index in [9.17, 15) is 4.79 Å². The van der Waals surface area contributed by atoms with Crippen molar-refractivity contribution < 1.29 is 9.53 Å². The summed E-state index contributed by atoms with van der Waals surface area (Å²) in [5, 5.41) is 0. The zero-order valence-electron chi connectivity index (χ0n) is 18.2. The normalized spacial score (nSPS) is 15.0. The minimum absolute atomic E-state index is 0.275. The predicted molar refractivity (Wildman–Crippen MR) is 120 cm³/mol. The summed E-state index contributed by atoms with van der Waals surface area (Å²) in [6.45, 7) is 6.76. The van der Waals surface area contributed by atoms with E-state index in [2.05, 4.69) is 41.8 Å². The van der Waals surface area contributed by atoms with Crippen LogP contribution in [0.2, 0.25) is 0 Å². The second kappa shape index (κ2) is 8.90. The average Bonchev–Trinajstić information content (AvgIpc) is 3.10. The Balaban J connectivity index is 1.57. The van der Waals surface area contributed by atoms with Gasteiger partial charge >= 0.3 is 0 Å². The highest BCUT2D eigenvalue weighted by Crippen LogP contribution is 2.26. The van der Waals surface area contributed by atoms with Crippen molar-refractivity contribution in [1.29, 1.82) is 0 Å². The lowest BCUT2D eigenvalue weighted by Gasteiger charge is -2.32. The Morgan fingerprint density at radius 3 is 2.53 bits per heavy atom. The summed E-state index contributed by atoms with van der Waals surface area (Å²) in [6.07, 6.45) is 3.51. The number of benzene rings is 2. The number of carbonyl (C=O) groups excluding carboxylic acids is 1. The third-order valence-corrected chi connectivity index (χ3v) is 6.21. The number of ether oxygens (including phenoxy) is 1. The van der Waals surface area contributed by atoms with Gasteiger partial charge in [0.15, 0.2) is 0 Å². The van der Waals surface area contributed by atoms with Gasteiger partial charge in [-0.1, -0.05) is 25.1 Å². The summed E-state index contributed by atoms with van der Waals surface area (Å²) in [6, 6.07) is 14.8. The van der Waals surface area contributed by atoms with E-state index in [0.717, 1.165) is 56.0 Å². The van der Waals surface area contributed by atoms with Crippen LogP contribution in [0.25, 0.3) is 11.0 Å². The standard InChI is InChI=1S/C25H31N3O2/c1-4-25(29)27-13-11-20(12-14-27)17-28-23-10-5-18(2)15-22(23)26-24(28)16-19-6-8-21(30-3)9-7-19/h5-10,15,20H,4,11-14,16-17H2,1-3H3. The van der Waals surface area contributed by atoms with Gasteiger partial charge < -0.3 is 14.2 Å². The first-order valence-corrected chi connectivity index (χ1v) is 10.9. The molecule has 5 heteroatoms. The lowest BCUT2D eigenvalue weighted by atomic mass is 9.96. The molecular weight excluding hydrogens is 374 g/mol. The molecule has 0 bridgehead atoms. The van der Waals surface area contributed by atoms with Crippen LogP contribution in [0.1, 0.15) is 43.1 Å². The zero-order valence-corrected chi connectivity index (χ0v) is 18.2. The number of piperidine rings is 1. The number of imidazole rings is 1. The van der Waals surface area contributed by atoms with Crippen LogP contribution in [0.15, 0.2) is 42.5 Å². The van der Waals surface area contributed by atoms with Crippen molar-refractivity contribution in [3.8, 4) is 5.75 Å². The van der Waals surface area contributed by atoms with Gasteiger partial charge in [0, 0.05) is 32.5 Å². The molecule has 1 aromatic heterocycles. The number of nitrogens with zero attached hydrogens (tertiary/aromatic N) is 3. The van der Waals surface area contributed by atoms with Crippen LogP contribution in [0.5, 0.6) is 5.75 Å². The molecule has 0 spiro atoms. The number of hydrogen-bond donors (Lipinski definition) is 0. The average molecular weight is 406 g/mol. The van der Waals surface area contributed by atoms with E-state index in [1.807, 2.05) is 24.0 Å². The van der Waals surface area contributed by atoms with Crippen LogP contribution in [-0.4, -0.2) is 40.6 Å². The molecule has 2 heterocycles. The van der Waals surface area contributed by atoms with Crippen LogP contribution >= 0.6 is 0 Å². The molecule has 0 radical (unpaired) electrons. The number of likely N-dealkylation sites (tertiary alicyclic amines) is 1. The molecule has 4 rings (SSSR count). The van der Waals surface area contributed by atoms with Gasteiger partial charge in [-0.3, -0.25) is 4.79 Å². The molecule has 0 saturated carbocycles. The molecule has 1 aliphatic rings. The molecule has 1 fully saturated rings. The molecule has 1 saturated heterocycles. The van der Waals surface area contributed by atoms with E-state index in [0.29, 0.717) is 12.3 Å². The van der Waals surface area contributed by atoms with Crippen molar-refractivity contribution in [2.45, 2.75) is 46.1 Å². The molecule has 2 aromatic carbocycles. The largest absolute Gasteiger partial charge is 0.497 e. The number of amides is 1. The second-order valence-corrected chi connectivity index (χ2v) is 8.33. The molecule has 3 aromatic rings. The predicted octanol–water partition coefficient (Wildman–Crippen LogP) is 4.59. The van der Waals surface area contributed by atoms with Gasteiger partial charge in [-0.15, -0.1) is 0 Å². The fourth-order valence-electron chi connectivity index (χ4n) is 4.40. The molecular formula is C25H31N3O2. The summed E-state index contributed by atoms with van der Waals surface area (Å²) in [4.78, 5) is 19.0. The number of hydrogen-bond acceptors (Lipinski definition) is 3. The van der Waals surface area contributed by atoms with E-state index in [-0.39, 0.29) is 5.91 Å². The van der Waals surface area contributed by atoms with Crippen molar-refractivity contribution in [3.63, 3.8) is 0 Å². The van der Waals surface area contributed by atoms with Crippen LogP contribution in [0.3, 0.4) is 0 Å². The van der Waals surface area contributed by atoms with E-state index in [4.69, 9.17) is 9.72 Å². The van der Waals surface area contributed by atoms with Gasteiger partial charge in [-0.2, -0.15) is 0 Å². The number of aromatic nitrogens is 2. The maximum Gasteiger partial charge on any atom is 0.222 e. The zero-order chi connectivity index (χ0) is 21.1. The first kappa shape index (κ1) is 20.5. The summed E-state index contributed by atoms with van der Waals surface area (Å²) in [5.74, 6) is 2.82. The van der Waals surface area contributed by atoms with Gasteiger partial charge in [-0.05, 0) is 61.1 Å². The number of rotatable bonds is 6. The lowest BCUT2D eigenvalue weighted by Crippen LogP contribution is -2.39. The number of methoxy groups -OCH3 is 1. The SMILES string of the molecule is CCC(=O)N1CCC(Cn2c(Cc3ccc(OC)cc3)nc3cc(C)ccc32)CC1. The minimum atomic E-state index is 0.275. The number of fused-ring (bicyclic) bond motifs is 1. The Hall–Kier alpha value is -2.82. The minimum Gasteiger partial charge on any atom is -0.497 e. The first-order valence-electron chi connectivity index (χ1n) is 10.9. The third-order valence-electron chi connectivity index (χ3n) is 6.21. The molecule has 1 aliphatic heterocycles. The highest BCUT2D eigenvalue weighted by atomic mass is 16.5. The Kier molecular flexibility index (Phi) is 6.07. The van der Waals surface area contributed by atoms with Crippen molar-refractivity contribution in [1.82, 2.24) is 14.5 Å². The Bertz CT molecular complexity index is 1010. The molecule has 5 nitrogen and oxygen atoms in total. The first-order chi connectivity index (χ1) is 14.6. The lowest BCUT2D eigenvalue weighted by molar-refractivity contribution is -0.132. The van der Waals surface area contributed by atoms with Crippen LogP contribution in [0.4, 0.5) is 0 Å². The van der Waals surface area contributed by atoms with Crippen LogP contribution in [-0.2, 0) is 17.8 Å². The smallest absolute Gasteiger partial charge is 0.222 e. The Labute approximate surface area is 178 Å². The summed E-state index contributed by atoms with van der Waals surface area (Å²) in [5.41, 5.74) is 4.73. The second-order valence-electron chi connectivity index (χ2n) is 8.33. The summed E-state index contributed by atoms with van der Waals surface area (Å²) < 4.78 is 7.69. The maximum absolute atomic E-state index is 12.0. The molecule has 158 valence electrons. The number of aryl methyl sites for hydroxylation is 1. The molecule has 0 unspecified atom stereocenters. The van der Waals surface area contributed by atoms with Crippen molar-refractivity contribution in [2.24, 2.45) is 5.92 Å². The van der Waals surface area contributed by atoms with Crippen molar-refractivity contribution in [2.75, 3.05) is 20.2 Å².